The topological polar surface area (TPSA) is 51.6 Å². The summed E-state index contributed by atoms with van der Waals surface area (Å²) in [6.07, 6.45) is 1.67. The van der Waals surface area contributed by atoms with Crippen molar-refractivity contribution >= 4 is 56.5 Å². The Kier molecular flexibility index (Phi) is 6.73. The molecule has 3 aromatic carbocycles. The second kappa shape index (κ2) is 10.6. The second-order valence-electron chi connectivity index (χ2n) is 10.3. The van der Waals surface area contributed by atoms with E-state index < -0.39 is 0 Å². The molecule has 0 amide bonds. The molecule has 0 saturated carbocycles. The summed E-state index contributed by atoms with van der Waals surface area (Å²) in [5.74, 6) is 0. The van der Waals surface area contributed by atoms with Crippen LogP contribution in [0, 0.1) is 13.8 Å². The number of rotatable bonds is 6. The van der Waals surface area contributed by atoms with Gasteiger partial charge in [0.2, 0.25) is 0 Å². The number of fused-ring (bicyclic) bond motifs is 2. The highest BCUT2D eigenvalue weighted by atomic mass is 32.1. The molecule has 4 heterocycles. The average Bonchev–Trinajstić information content (AvgIpc) is 3.78. The number of nitrogens with zero attached hydrogens (tertiary/aromatic N) is 4. The number of hydrogen-bond donors (Lipinski definition) is 0. The monoisotopic (exact) mass is 588 g/mol. The molecule has 7 aromatic rings. The molecule has 7 rings (SSSR count). The molecule has 0 aliphatic carbocycles. The van der Waals surface area contributed by atoms with Gasteiger partial charge in [0.1, 0.15) is 22.1 Å². The van der Waals surface area contributed by atoms with Gasteiger partial charge in [-0.3, -0.25) is 0 Å². The van der Waals surface area contributed by atoms with Crippen molar-refractivity contribution in [2.75, 3.05) is 0 Å². The van der Waals surface area contributed by atoms with Crippen LogP contribution >= 0.6 is 34.4 Å². The molecule has 0 N–H and O–H groups in total. The molecule has 4 nitrogen and oxygen atoms in total. The first-order chi connectivity index (χ1) is 20.0. The summed E-state index contributed by atoms with van der Waals surface area (Å²) in [7, 11) is 0. The van der Waals surface area contributed by atoms with Crippen LogP contribution in [0.5, 0.6) is 0 Å². The van der Waals surface area contributed by atoms with Crippen LogP contribution in [0.3, 0.4) is 0 Å². The van der Waals surface area contributed by atoms with Crippen LogP contribution in [0.1, 0.15) is 36.4 Å². The number of aryl methyl sites for hydroxylation is 4. The van der Waals surface area contributed by atoms with Crippen LogP contribution < -0.4 is 0 Å². The largest absolute Gasteiger partial charge is 0.249 e. The lowest BCUT2D eigenvalue weighted by Gasteiger charge is -2.13. The van der Waals surface area contributed by atoms with E-state index in [4.69, 9.17) is 18.7 Å². The number of thiophene rings is 2. The first-order valence-corrected chi connectivity index (χ1v) is 16.2. The molecule has 0 bridgehead atoms. The van der Waals surface area contributed by atoms with E-state index in [2.05, 4.69) is 100 Å². The molecule has 0 fully saturated rings. The highest BCUT2D eigenvalue weighted by molar-refractivity contribution is 7.19. The van der Waals surface area contributed by atoms with Gasteiger partial charge < -0.3 is 0 Å². The molecular formula is C34H28N4S3. The Hall–Kier alpha value is -3.78. The molecule has 0 aliphatic rings. The minimum absolute atomic E-state index is 0.837. The second-order valence-corrected chi connectivity index (χ2v) is 13.0. The molecule has 0 unspecified atom stereocenters. The predicted molar refractivity (Wildman–Crippen MR) is 176 cm³/mol. The Bertz CT molecular complexity index is 1880. The summed E-state index contributed by atoms with van der Waals surface area (Å²) in [6, 6.07) is 26.2. The molecule has 202 valence electrons. The molecular weight excluding hydrogens is 561 g/mol. The smallest absolute Gasteiger partial charge is 0.116 e. The van der Waals surface area contributed by atoms with E-state index in [0.29, 0.717) is 0 Å². The van der Waals surface area contributed by atoms with E-state index >= 15 is 0 Å². The maximum atomic E-state index is 5.31. The average molecular weight is 589 g/mol. The maximum Gasteiger partial charge on any atom is 0.116 e. The lowest BCUT2D eigenvalue weighted by molar-refractivity contribution is 0.931. The van der Waals surface area contributed by atoms with Gasteiger partial charge in [0.25, 0.3) is 0 Å². The molecule has 0 aliphatic heterocycles. The highest BCUT2D eigenvalue weighted by Crippen LogP contribution is 2.47. The molecule has 7 heteroatoms. The highest BCUT2D eigenvalue weighted by Gasteiger charge is 2.25. The molecule has 0 radical (unpaired) electrons. The summed E-state index contributed by atoms with van der Waals surface area (Å²) < 4.78 is 9.74. The van der Waals surface area contributed by atoms with Crippen molar-refractivity contribution in [3.8, 4) is 41.8 Å². The van der Waals surface area contributed by atoms with Gasteiger partial charge in [-0.1, -0.05) is 73.5 Å². The van der Waals surface area contributed by atoms with Gasteiger partial charge in [0.15, 0.2) is 0 Å². The maximum absolute atomic E-state index is 5.31. The fourth-order valence-corrected chi connectivity index (χ4v) is 7.99. The summed E-state index contributed by atoms with van der Waals surface area (Å²) >= 11 is 4.82. The summed E-state index contributed by atoms with van der Waals surface area (Å²) in [4.78, 5) is 15.4. The first kappa shape index (κ1) is 26.1. The van der Waals surface area contributed by atoms with Crippen molar-refractivity contribution in [2.45, 2.75) is 40.5 Å². The normalized spacial score (nSPS) is 11.6. The third-order valence-electron chi connectivity index (χ3n) is 7.53. The lowest BCUT2D eigenvalue weighted by atomic mass is 10.0. The quantitative estimate of drug-likeness (QED) is 0.194. The molecule has 41 heavy (non-hydrogen) atoms. The van der Waals surface area contributed by atoms with Gasteiger partial charge in [-0.25, -0.2) is 9.97 Å². The zero-order valence-electron chi connectivity index (χ0n) is 23.4. The third kappa shape index (κ3) is 4.58. The van der Waals surface area contributed by atoms with Crippen LogP contribution in [0.25, 0.3) is 63.8 Å². The Labute approximate surface area is 251 Å². The van der Waals surface area contributed by atoms with Gasteiger partial charge in [-0.05, 0) is 62.1 Å². The van der Waals surface area contributed by atoms with E-state index in [-0.39, 0.29) is 0 Å². The molecule has 0 saturated heterocycles. The van der Waals surface area contributed by atoms with E-state index in [1.807, 2.05) is 0 Å². The summed E-state index contributed by atoms with van der Waals surface area (Å²) in [5.41, 5.74) is 12.8. The van der Waals surface area contributed by atoms with Crippen LogP contribution in [0.2, 0.25) is 0 Å². The molecule has 0 spiro atoms. The van der Waals surface area contributed by atoms with E-state index in [1.165, 1.54) is 43.7 Å². The zero-order valence-corrected chi connectivity index (χ0v) is 25.8. The number of hydrogen-bond acceptors (Lipinski definition) is 7. The zero-order chi connectivity index (χ0) is 28.1. The Morgan fingerprint density at radius 3 is 1.27 bits per heavy atom. The molecule has 0 atom stereocenters. The van der Waals surface area contributed by atoms with E-state index in [9.17, 15) is 0 Å². The van der Waals surface area contributed by atoms with Gasteiger partial charge in [0, 0.05) is 30.6 Å². The fraction of sp³-hybridized carbons (Fsp3) is 0.176. The van der Waals surface area contributed by atoms with Crippen molar-refractivity contribution in [1.82, 2.24) is 18.7 Å². The first-order valence-electron chi connectivity index (χ1n) is 13.9. The standard InChI is InChI=1S/C34H28N4S3/c1-5-23-24(6-2)36-32-30(28-18-16-26(40-28)22-13-9-20(4)10-14-22)34-33(37-41-38-34)29(31(32)35-23)27-17-15-25(39-27)21-11-7-19(3)8-12-21/h7-18H,5-6H2,1-4H3. The van der Waals surface area contributed by atoms with Crippen molar-refractivity contribution in [3.63, 3.8) is 0 Å². The minimum atomic E-state index is 0.837. The van der Waals surface area contributed by atoms with Crippen LogP contribution in [0.15, 0.2) is 72.8 Å². The number of aromatic nitrogens is 4. The van der Waals surface area contributed by atoms with Gasteiger partial charge in [-0.2, -0.15) is 8.75 Å². The van der Waals surface area contributed by atoms with Crippen LogP contribution in [-0.2, 0) is 12.8 Å². The van der Waals surface area contributed by atoms with Crippen molar-refractivity contribution in [1.29, 1.82) is 0 Å². The summed E-state index contributed by atoms with van der Waals surface area (Å²) in [5, 5.41) is 0. The van der Waals surface area contributed by atoms with Crippen molar-refractivity contribution < 1.29 is 0 Å². The van der Waals surface area contributed by atoms with Crippen LogP contribution in [0.4, 0.5) is 0 Å². The Balaban J connectivity index is 1.48. The summed E-state index contributed by atoms with van der Waals surface area (Å²) in [6.45, 7) is 8.56. The predicted octanol–water partition coefficient (Wildman–Crippen LogP) is 10.2. The van der Waals surface area contributed by atoms with E-state index in [1.54, 1.807) is 22.7 Å². The fourth-order valence-electron chi connectivity index (χ4n) is 5.32. The molecule has 4 aromatic heterocycles. The Morgan fingerprint density at radius 2 is 0.878 bits per heavy atom. The van der Waals surface area contributed by atoms with E-state index in [0.717, 1.165) is 67.2 Å². The van der Waals surface area contributed by atoms with Crippen molar-refractivity contribution in [2.24, 2.45) is 0 Å². The minimum Gasteiger partial charge on any atom is -0.249 e. The number of benzene rings is 3. The van der Waals surface area contributed by atoms with Gasteiger partial charge >= 0.3 is 0 Å². The van der Waals surface area contributed by atoms with Gasteiger partial charge in [0.05, 0.1) is 23.1 Å². The third-order valence-corrected chi connectivity index (χ3v) is 10.4. The van der Waals surface area contributed by atoms with Crippen LogP contribution in [-0.4, -0.2) is 18.7 Å². The van der Waals surface area contributed by atoms with Crippen molar-refractivity contribution in [3.05, 3.63) is 95.3 Å². The lowest BCUT2D eigenvalue weighted by Crippen LogP contribution is -2.03. The Morgan fingerprint density at radius 1 is 0.488 bits per heavy atom. The SMILES string of the molecule is CCc1nc2c(-c3ccc(-c4ccc(C)cc4)s3)c3nsnc3c(-c3ccc(-c4ccc(C)cc4)s3)c2nc1CC. The van der Waals surface area contributed by atoms with Gasteiger partial charge in [-0.15, -0.1) is 22.7 Å².